The van der Waals surface area contributed by atoms with Crippen molar-refractivity contribution < 1.29 is 4.74 Å². The Hall–Kier alpha value is -3.95. The van der Waals surface area contributed by atoms with E-state index < -0.39 is 0 Å². The highest BCUT2D eigenvalue weighted by Crippen LogP contribution is 2.30. The fourth-order valence-electron chi connectivity index (χ4n) is 5.89. The monoisotopic (exact) mass is 534 g/mol. The largest absolute Gasteiger partial charge is 0.488 e. The van der Waals surface area contributed by atoms with E-state index in [1.165, 1.54) is 19.3 Å². The Bertz CT molecular complexity index is 1530. The minimum absolute atomic E-state index is 0.156. The summed E-state index contributed by atoms with van der Waals surface area (Å²) in [7, 11) is 0. The fourth-order valence-corrected chi connectivity index (χ4v) is 5.89. The van der Waals surface area contributed by atoms with Crippen LogP contribution < -0.4 is 10.3 Å². The summed E-state index contributed by atoms with van der Waals surface area (Å²) in [6, 6.07) is 26.4. The minimum Gasteiger partial charge on any atom is -0.488 e. The number of benzene rings is 3. The lowest BCUT2D eigenvalue weighted by atomic mass is 9.97. The van der Waals surface area contributed by atoms with Gasteiger partial charge in [0, 0.05) is 24.2 Å². The number of likely N-dealkylation sites (tertiary alicyclic amines) is 1. The number of aryl methyl sites for hydroxylation is 1. The van der Waals surface area contributed by atoms with Gasteiger partial charge < -0.3 is 9.30 Å². The maximum absolute atomic E-state index is 14.0. The molecule has 206 valence electrons. The lowest BCUT2D eigenvalue weighted by molar-refractivity contribution is 0.101. The van der Waals surface area contributed by atoms with Crippen LogP contribution in [0.4, 0.5) is 0 Å². The Morgan fingerprint density at radius 3 is 2.42 bits per heavy atom. The summed E-state index contributed by atoms with van der Waals surface area (Å²) < 4.78 is 8.02. The molecule has 0 N–H and O–H groups in total. The highest BCUT2D eigenvalue weighted by Gasteiger charge is 2.24. The highest BCUT2D eigenvalue weighted by molar-refractivity contribution is 5.79. The summed E-state index contributed by atoms with van der Waals surface area (Å²) in [5.41, 5.74) is 3.78. The first-order valence-corrected chi connectivity index (χ1v) is 14.5. The van der Waals surface area contributed by atoms with Gasteiger partial charge in [0.05, 0.1) is 22.7 Å². The van der Waals surface area contributed by atoms with Gasteiger partial charge in [0.2, 0.25) is 0 Å². The molecule has 2 unspecified atom stereocenters. The number of aromatic nitrogens is 2. The van der Waals surface area contributed by atoms with Crippen LogP contribution in [-0.4, -0.2) is 33.1 Å². The van der Waals surface area contributed by atoms with Crippen LogP contribution in [0.25, 0.3) is 22.3 Å². The van der Waals surface area contributed by atoms with Crippen molar-refractivity contribution in [1.82, 2.24) is 14.5 Å². The summed E-state index contributed by atoms with van der Waals surface area (Å²) >= 11 is 0. The van der Waals surface area contributed by atoms with E-state index >= 15 is 0 Å². The van der Waals surface area contributed by atoms with Crippen LogP contribution in [0, 0.1) is 11.3 Å². The number of nitrogens with zero attached hydrogens (tertiary/aromatic N) is 4. The molecule has 5 rings (SSSR count). The van der Waals surface area contributed by atoms with Crippen molar-refractivity contribution in [3.8, 4) is 23.1 Å². The van der Waals surface area contributed by atoms with Gasteiger partial charge in [0.15, 0.2) is 0 Å². The molecule has 3 aromatic carbocycles. The van der Waals surface area contributed by atoms with Crippen molar-refractivity contribution in [3.05, 3.63) is 94.3 Å². The van der Waals surface area contributed by atoms with E-state index in [-0.39, 0.29) is 5.56 Å². The number of piperidine rings is 1. The van der Waals surface area contributed by atoms with Gasteiger partial charge in [-0.2, -0.15) is 5.26 Å². The average molecular weight is 535 g/mol. The fraction of sp³-hybridized carbons (Fsp3) is 0.382. The zero-order valence-electron chi connectivity index (χ0n) is 23.6. The lowest BCUT2D eigenvalue weighted by Gasteiger charge is -2.39. The molecule has 1 saturated heterocycles. The Labute approximate surface area is 236 Å². The van der Waals surface area contributed by atoms with Crippen molar-refractivity contribution in [1.29, 1.82) is 5.26 Å². The maximum Gasteiger partial charge on any atom is 0.277 e. The van der Waals surface area contributed by atoms with Crippen molar-refractivity contribution in [2.45, 2.75) is 77.6 Å². The molecule has 6 nitrogen and oxygen atoms in total. The third-order valence-corrected chi connectivity index (χ3v) is 8.13. The average Bonchev–Trinajstić information content (AvgIpc) is 2.98. The summed E-state index contributed by atoms with van der Waals surface area (Å²) in [5.74, 6) is 0.541. The van der Waals surface area contributed by atoms with Crippen LogP contribution in [0.2, 0.25) is 0 Å². The molecule has 6 heteroatoms. The summed E-state index contributed by atoms with van der Waals surface area (Å²) in [6.45, 7) is 6.79. The molecule has 1 aliphatic heterocycles. The van der Waals surface area contributed by atoms with E-state index in [1.54, 1.807) is 18.2 Å². The number of hydrogen-bond donors (Lipinski definition) is 0. The maximum atomic E-state index is 14.0. The van der Waals surface area contributed by atoms with E-state index in [2.05, 4.69) is 24.8 Å². The molecule has 0 radical (unpaired) electrons. The van der Waals surface area contributed by atoms with Crippen molar-refractivity contribution in [3.63, 3.8) is 0 Å². The number of unbranched alkanes of at least 4 members (excludes halogenated alkanes) is 2. The zero-order chi connectivity index (χ0) is 27.9. The number of rotatable bonds is 10. The predicted octanol–water partition coefficient (Wildman–Crippen LogP) is 6.95. The number of hydrogen-bond acceptors (Lipinski definition) is 5. The molecule has 2 atom stereocenters. The Morgan fingerprint density at radius 1 is 0.925 bits per heavy atom. The van der Waals surface area contributed by atoms with Gasteiger partial charge in [-0.3, -0.25) is 9.69 Å². The summed E-state index contributed by atoms with van der Waals surface area (Å²) in [6.07, 6.45) is 7.00. The second-order valence-corrected chi connectivity index (χ2v) is 10.9. The van der Waals surface area contributed by atoms with E-state index in [9.17, 15) is 10.1 Å². The zero-order valence-corrected chi connectivity index (χ0v) is 23.6. The topological polar surface area (TPSA) is 71.2 Å². The smallest absolute Gasteiger partial charge is 0.277 e. The first-order chi connectivity index (χ1) is 19.5. The molecule has 1 aliphatic rings. The molecule has 2 heterocycles. The van der Waals surface area contributed by atoms with Gasteiger partial charge in [-0.15, -0.1) is 0 Å². The van der Waals surface area contributed by atoms with Crippen LogP contribution in [0.5, 0.6) is 5.75 Å². The number of ether oxygens (including phenoxy) is 1. The van der Waals surface area contributed by atoms with Crippen molar-refractivity contribution >= 4 is 11.0 Å². The third-order valence-electron chi connectivity index (χ3n) is 8.13. The second-order valence-electron chi connectivity index (χ2n) is 10.9. The van der Waals surface area contributed by atoms with Gasteiger partial charge in [0.25, 0.3) is 5.56 Å². The molecule has 40 heavy (non-hydrogen) atoms. The van der Waals surface area contributed by atoms with Gasteiger partial charge in [-0.05, 0) is 82.0 Å². The standard InChI is InChI=1S/C34H38N4O2/c1-25-12-11-13-26(2)37(25)20-9-4-10-21-38-31-17-8-7-16-30(31)36-33(34(38)39)29-22-28(23-35)18-19-32(29)40-24-27-14-5-3-6-15-27/h3,5-8,14-19,22,25-26H,4,9-13,20-21,24H2,1-2H3. The molecule has 0 spiro atoms. The predicted molar refractivity (Wildman–Crippen MR) is 160 cm³/mol. The molecular formula is C34H38N4O2. The van der Waals surface area contributed by atoms with Gasteiger partial charge in [0.1, 0.15) is 18.1 Å². The minimum atomic E-state index is -0.156. The Kier molecular flexibility index (Phi) is 8.93. The van der Waals surface area contributed by atoms with Crippen molar-refractivity contribution in [2.75, 3.05) is 6.54 Å². The lowest BCUT2D eigenvalue weighted by Crippen LogP contribution is -2.44. The highest BCUT2D eigenvalue weighted by atomic mass is 16.5. The molecule has 0 bridgehead atoms. The summed E-state index contributed by atoms with van der Waals surface area (Å²) in [5, 5.41) is 9.60. The molecule has 1 aromatic heterocycles. The molecular weight excluding hydrogens is 496 g/mol. The van der Waals surface area contributed by atoms with Crippen molar-refractivity contribution in [2.24, 2.45) is 0 Å². The number of para-hydroxylation sites is 2. The number of nitriles is 1. The van der Waals surface area contributed by atoms with E-state index in [1.807, 2.05) is 59.2 Å². The van der Waals surface area contributed by atoms with Gasteiger partial charge >= 0.3 is 0 Å². The molecule has 0 amide bonds. The summed E-state index contributed by atoms with van der Waals surface area (Å²) in [4.78, 5) is 21.4. The molecule has 4 aromatic rings. The molecule has 0 saturated carbocycles. The van der Waals surface area contributed by atoms with Crippen LogP contribution in [-0.2, 0) is 13.2 Å². The van der Waals surface area contributed by atoms with E-state index in [0.29, 0.717) is 47.8 Å². The second kappa shape index (κ2) is 12.9. The van der Waals surface area contributed by atoms with E-state index in [4.69, 9.17) is 9.72 Å². The normalized spacial score (nSPS) is 17.5. The molecule has 0 aliphatic carbocycles. The number of fused-ring (bicyclic) bond motifs is 1. The Balaban J connectivity index is 1.40. The van der Waals surface area contributed by atoms with Gasteiger partial charge in [-0.25, -0.2) is 4.98 Å². The van der Waals surface area contributed by atoms with Crippen LogP contribution in [0.1, 0.15) is 63.5 Å². The van der Waals surface area contributed by atoms with Crippen LogP contribution in [0.3, 0.4) is 0 Å². The third kappa shape index (κ3) is 6.26. The van der Waals surface area contributed by atoms with E-state index in [0.717, 1.165) is 42.4 Å². The molecule has 1 fully saturated rings. The first kappa shape index (κ1) is 27.6. The Morgan fingerprint density at radius 2 is 1.65 bits per heavy atom. The quantitative estimate of drug-likeness (QED) is 0.206. The van der Waals surface area contributed by atoms with Gasteiger partial charge in [-0.1, -0.05) is 55.3 Å². The van der Waals surface area contributed by atoms with Crippen LogP contribution >= 0.6 is 0 Å². The SMILES string of the molecule is CC1CCCC(C)N1CCCCCn1c(=O)c(-c2cc(C#N)ccc2OCc2ccccc2)nc2ccccc21. The van der Waals surface area contributed by atoms with Crippen LogP contribution in [0.15, 0.2) is 77.6 Å². The first-order valence-electron chi connectivity index (χ1n) is 14.5.